The van der Waals surface area contributed by atoms with Crippen molar-refractivity contribution in [2.75, 3.05) is 17.8 Å². The Hall–Kier alpha value is -3.58. The van der Waals surface area contributed by atoms with Gasteiger partial charge in [0.2, 0.25) is 0 Å². The van der Waals surface area contributed by atoms with Crippen LogP contribution in [0.4, 0.5) is 23.1 Å². The molecule has 0 fully saturated rings. The highest BCUT2D eigenvalue weighted by atomic mass is 32.2. The number of nitrogens with one attached hydrogen (secondary N) is 1. The SMILES string of the molecule is CC(C)(C)OC(=O)N1CC=C(c2cc(C(F)(F)F)ccc2O[C@@H]2CCCc3cc(S(=O)(=O)Nc4nccs4)ccc32)CC1. The van der Waals surface area contributed by atoms with E-state index in [1.807, 2.05) is 0 Å². The molecule has 230 valence electrons. The van der Waals surface area contributed by atoms with E-state index in [9.17, 15) is 26.4 Å². The van der Waals surface area contributed by atoms with Crippen LogP contribution in [0.25, 0.3) is 5.57 Å². The van der Waals surface area contributed by atoms with E-state index in [2.05, 4.69) is 9.71 Å². The second kappa shape index (κ2) is 11.8. The summed E-state index contributed by atoms with van der Waals surface area (Å²) in [5.74, 6) is 0.296. The van der Waals surface area contributed by atoms with Crippen molar-refractivity contribution >= 4 is 38.2 Å². The minimum absolute atomic E-state index is 0.0965. The average Bonchev–Trinajstić information content (AvgIpc) is 3.44. The molecule has 43 heavy (non-hydrogen) atoms. The lowest BCUT2D eigenvalue weighted by atomic mass is 9.89. The van der Waals surface area contributed by atoms with Gasteiger partial charge in [0.05, 0.1) is 10.5 Å². The molecule has 1 aliphatic heterocycles. The van der Waals surface area contributed by atoms with Gasteiger partial charge in [0.15, 0.2) is 5.13 Å². The monoisotopic (exact) mass is 635 g/mol. The summed E-state index contributed by atoms with van der Waals surface area (Å²) in [5, 5.41) is 1.93. The summed E-state index contributed by atoms with van der Waals surface area (Å²) in [6, 6.07) is 8.25. The highest BCUT2D eigenvalue weighted by Gasteiger charge is 2.33. The molecule has 2 heterocycles. The Morgan fingerprint density at radius 1 is 1.12 bits per heavy atom. The fraction of sp³-hybridized carbons (Fsp3) is 0.400. The Bertz CT molecular complexity index is 1630. The first-order valence-corrected chi connectivity index (χ1v) is 16.2. The third-order valence-corrected chi connectivity index (χ3v) is 9.28. The van der Waals surface area contributed by atoms with Gasteiger partial charge in [-0.25, -0.2) is 18.2 Å². The Morgan fingerprint density at radius 3 is 2.56 bits per heavy atom. The normalized spacial score (nSPS) is 17.6. The van der Waals surface area contributed by atoms with Crippen molar-refractivity contribution in [3.8, 4) is 5.75 Å². The fourth-order valence-electron chi connectivity index (χ4n) is 5.10. The van der Waals surface area contributed by atoms with Crippen molar-refractivity contribution in [3.05, 3.63) is 76.3 Å². The predicted octanol–water partition coefficient (Wildman–Crippen LogP) is 7.44. The molecule has 0 unspecified atom stereocenters. The van der Waals surface area contributed by atoms with Gasteiger partial charge in [0.25, 0.3) is 10.0 Å². The molecule has 0 saturated heterocycles. The number of carbonyl (C=O) groups is 1. The maximum atomic E-state index is 13.7. The summed E-state index contributed by atoms with van der Waals surface area (Å²) in [6.07, 6.45) is 0.0251. The van der Waals surface area contributed by atoms with E-state index in [4.69, 9.17) is 9.47 Å². The van der Waals surface area contributed by atoms with Crippen molar-refractivity contribution < 1.29 is 35.9 Å². The molecular formula is C30H32F3N3O5S2. The first-order valence-electron chi connectivity index (χ1n) is 13.8. The number of alkyl halides is 3. The number of sulfonamides is 1. The van der Waals surface area contributed by atoms with Crippen LogP contribution in [0, 0.1) is 0 Å². The molecular weight excluding hydrogens is 603 g/mol. The zero-order chi connectivity index (χ0) is 31.0. The van der Waals surface area contributed by atoms with Crippen LogP contribution in [-0.4, -0.2) is 43.1 Å². The lowest BCUT2D eigenvalue weighted by molar-refractivity contribution is -0.137. The number of aryl methyl sites for hydroxylation is 1. The third kappa shape index (κ3) is 7.32. The summed E-state index contributed by atoms with van der Waals surface area (Å²) in [6.45, 7) is 5.79. The molecule has 8 nitrogen and oxygen atoms in total. The van der Waals surface area contributed by atoms with E-state index in [-0.39, 0.29) is 23.1 Å². The largest absolute Gasteiger partial charge is 0.485 e. The highest BCUT2D eigenvalue weighted by molar-refractivity contribution is 7.93. The summed E-state index contributed by atoms with van der Waals surface area (Å²) in [5.41, 5.74) is 1.10. The van der Waals surface area contributed by atoms with Crippen LogP contribution in [0.1, 0.15) is 68.4 Å². The first kappa shape index (κ1) is 30.9. The average molecular weight is 636 g/mol. The van der Waals surface area contributed by atoms with Gasteiger partial charge in [-0.3, -0.25) is 4.72 Å². The first-order chi connectivity index (χ1) is 20.2. The topological polar surface area (TPSA) is 97.8 Å². The highest BCUT2D eigenvalue weighted by Crippen LogP contribution is 2.41. The van der Waals surface area contributed by atoms with E-state index in [0.717, 1.165) is 23.3 Å². The Kier molecular flexibility index (Phi) is 8.50. The minimum atomic E-state index is -4.54. The van der Waals surface area contributed by atoms with Crippen LogP contribution in [-0.2, 0) is 27.4 Å². The van der Waals surface area contributed by atoms with Crippen molar-refractivity contribution in [2.45, 2.75) is 69.2 Å². The fourth-order valence-corrected chi connectivity index (χ4v) is 6.94. The number of hydrogen-bond donors (Lipinski definition) is 1. The second-order valence-corrected chi connectivity index (χ2v) is 14.0. The molecule has 5 rings (SSSR count). The van der Waals surface area contributed by atoms with E-state index in [1.165, 1.54) is 34.6 Å². The van der Waals surface area contributed by atoms with Crippen molar-refractivity contribution in [3.63, 3.8) is 0 Å². The molecule has 13 heteroatoms. The molecule has 0 saturated carbocycles. The number of anilines is 1. The molecule has 3 aromatic rings. The molecule has 1 aromatic heterocycles. The van der Waals surface area contributed by atoms with E-state index in [1.54, 1.807) is 44.4 Å². The molecule has 1 amide bonds. The number of amides is 1. The summed E-state index contributed by atoms with van der Waals surface area (Å²) in [7, 11) is -3.85. The maximum absolute atomic E-state index is 13.7. The van der Waals surface area contributed by atoms with Gasteiger partial charge in [-0.1, -0.05) is 12.1 Å². The number of rotatable bonds is 6. The van der Waals surface area contributed by atoms with Gasteiger partial charge < -0.3 is 14.4 Å². The second-order valence-electron chi connectivity index (χ2n) is 11.4. The lowest BCUT2D eigenvalue weighted by Gasteiger charge is -2.31. The molecule has 1 N–H and O–H groups in total. The number of nitrogens with zero attached hydrogens (tertiary/aromatic N) is 2. The van der Waals surface area contributed by atoms with Crippen LogP contribution in [0.3, 0.4) is 0 Å². The number of carbonyl (C=O) groups excluding carboxylic acids is 1. The Labute approximate surface area is 252 Å². The number of thiazole rings is 1. The molecule has 1 aliphatic carbocycles. The molecule has 0 bridgehead atoms. The van der Waals surface area contributed by atoms with Crippen molar-refractivity contribution in [1.82, 2.24) is 9.88 Å². The number of ether oxygens (including phenoxy) is 2. The molecule has 2 aliphatic rings. The number of aromatic nitrogens is 1. The zero-order valence-electron chi connectivity index (χ0n) is 23.9. The van der Waals surface area contributed by atoms with Gasteiger partial charge >= 0.3 is 12.3 Å². The smallest absolute Gasteiger partial charge is 0.416 e. The van der Waals surface area contributed by atoms with Gasteiger partial charge in [-0.05, 0) is 93.5 Å². The van der Waals surface area contributed by atoms with Gasteiger partial charge in [0, 0.05) is 30.2 Å². The van der Waals surface area contributed by atoms with Crippen molar-refractivity contribution in [2.24, 2.45) is 0 Å². The minimum Gasteiger partial charge on any atom is -0.485 e. The van der Waals surface area contributed by atoms with Gasteiger partial charge in [-0.15, -0.1) is 11.3 Å². The van der Waals surface area contributed by atoms with E-state index < -0.39 is 39.6 Å². The number of hydrogen-bond acceptors (Lipinski definition) is 7. The molecule has 1 atom stereocenters. The summed E-state index contributed by atoms with van der Waals surface area (Å²) in [4.78, 5) is 18.1. The van der Waals surface area contributed by atoms with Crippen LogP contribution >= 0.6 is 11.3 Å². The van der Waals surface area contributed by atoms with Crippen LogP contribution < -0.4 is 9.46 Å². The molecule has 0 radical (unpaired) electrons. The summed E-state index contributed by atoms with van der Waals surface area (Å²) >= 11 is 1.17. The molecule has 2 aromatic carbocycles. The van der Waals surface area contributed by atoms with Crippen LogP contribution in [0.2, 0.25) is 0 Å². The summed E-state index contributed by atoms with van der Waals surface area (Å²) < 4.78 is 81.3. The third-order valence-electron chi connectivity index (χ3n) is 7.12. The van der Waals surface area contributed by atoms with Crippen LogP contribution in [0.5, 0.6) is 5.75 Å². The van der Waals surface area contributed by atoms with Crippen LogP contribution in [0.15, 0.2) is 58.9 Å². The van der Waals surface area contributed by atoms with E-state index in [0.29, 0.717) is 42.6 Å². The standard InChI is InChI=1S/C30H32F3N3O5S2/c1-29(2,3)41-28(37)36-14-11-19(12-15-36)24-18-21(30(31,32)33)7-10-26(24)40-25-6-4-5-20-17-22(8-9-23(20)25)43(38,39)35-27-34-13-16-42-27/h7-11,13,16-18,25H,4-6,12,14-15H2,1-3H3,(H,34,35)/t25-/m1/s1. The maximum Gasteiger partial charge on any atom is 0.416 e. The zero-order valence-corrected chi connectivity index (χ0v) is 25.5. The molecule has 0 spiro atoms. The number of halogens is 3. The predicted molar refractivity (Wildman–Crippen MR) is 158 cm³/mol. The van der Waals surface area contributed by atoms with Gasteiger partial charge in [0.1, 0.15) is 17.5 Å². The quantitative estimate of drug-likeness (QED) is 0.302. The van der Waals surface area contributed by atoms with Gasteiger partial charge in [-0.2, -0.15) is 13.2 Å². The number of benzene rings is 2. The Morgan fingerprint density at radius 2 is 1.91 bits per heavy atom. The van der Waals surface area contributed by atoms with E-state index >= 15 is 0 Å². The lowest BCUT2D eigenvalue weighted by Crippen LogP contribution is -2.39. The number of fused-ring (bicyclic) bond motifs is 1. The van der Waals surface area contributed by atoms with Crippen molar-refractivity contribution in [1.29, 1.82) is 0 Å². The Balaban J connectivity index is 1.41.